The highest BCUT2D eigenvalue weighted by Crippen LogP contribution is 2.38. The summed E-state index contributed by atoms with van der Waals surface area (Å²) in [4.78, 5) is 12.1. The van der Waals surface area contributed by atoms with Gasteiger partial charge in [-0.3, -0.25) is 9.08 Å². The molecule has 0 amide bonds. The lowest BCUT2D eigenvalue weighted by Crippen LogP contribution is -2.51. The number of aryl methyl sites for hydroxylation is 1. The van der Waals surface area contributed by atoms with Gasteiger partial charge in [-0.05, 0) is 30.9 Å². The summed E-state index contributed by atoms with van der Waals surface area (Å²) in [6.07, 6.45) is -9.07. The van der Waals surface area contributed by atoms with Gasteiger partial charge in [-0.2, -0.15) is 30.4 Å². The van der Waals surface area contributed by atoms with E-state index in [9.17, 15) is 39.6 Å². The molecule has 12 heteroatoms. The molecule has 0 fully saturated rings. The Morgan fingerprint density at radius 2 is 1.71 bits per heavy atom. The molecular weight excluding hydrogens is 416 g/mol. The summed E-state index contributed by atoms with van der Waals surface area (Å²) < 4.78 is 105. The number of alkyl halides is 6. The molecule has 1 rings (SSSR count). The van der Waals surface area contributed by atoms with E-state index in [0.29, 0.717) is 18.4 Å². The molecule has 2 atom stereocenters. The van der Waals surface area contributed by atoms with Crippen LogP contribution < -0.4 is 9.84 Å². The Labute approximate surface area is 158 Å². The van der Waals surface area contributed by atoms with E-state index in [1.165, 1.54) is 13.0 Å². The molecule has 28 heavy (non-hydrogen) atoms. The first-order valence-electron chi connectivity index (χ1n) is 8.43. The largest absolute Gasteiger partial charge is 0.426 e. The van der Waals surface area contributed by atoms with Crippen LogP contribution in [0, 0.1) is 12.8 Å². The van der Waals surface area contributed by atoms with Gasteiger partial charge in [-0.1, -0.05) is 33.1 Å². The zero-order chi connectivity index (χ0) is 21.9. The first kappa shape index (κ1) is 24.3. The molecule has 0 aliphatic carbocycles. The fraction of sp³-hybridized carbons (Fsp3) is 0.688. The van der Waals surface area contributed by atoms with Crippen LogP contribution in [0.5, 0.6) is 0 Å². The van der Waals surface area contributed by atoms with Crippen LogP contribution in [0.25, 0.3) is 0 Å². The van der Waals surface area contributed by atoms with Crippen LogP contribution in [0.3, 0.4) is 0 Å². The van der Waals surface area contributed by atoms with Crippen molar-refractivity contribution in [3.05, 3.63) is 33.7 Å². The summed E-state index contributed by atoms with van der Waals surface area (Å²) in [6, 6.07) is 2.15. The van der Waals surface area contributed by atoms with Crippen LogP contribution in [-0.2, 0) is 16.5 Å². The van der Waals surface area contributed by atoms with Crippen LogP contribution in [0.2, 0.25) is 0 Å². The van der Waals surface area contributed by atoms with E-state index in [1.54, 1.807) is 0 Å². The lowest BCUT2D eigenvalue weighted by atomic mass is 9.95. The Morgan fingerprint density at radius 1 is 1.14 bits per heavy atom. The van der Waals surface area contributed by atoms with Crippen molar-refractivity contribution < 1.29 is 39.0 Å². The smallest absolute Gasteiger partial charge is 0.280 e. The molecule has 162 valence electrons. The average Bonchev–Trinajstić information content (AvgIpc) is 2.55. The third-order valence-electron chi connectivity index (χ3n) is 4.07. The van der Waals surface area contributed by atoms with Crippen LogP contribution >= 0.6 is 0 Å². The van der Waals surface area contributed by atoms with Gasteiger partial charge in [0.1, 0.15) is 0 Å². The standard InChI is InChI=1S/C16H21F6NO4S/c1-4-6-11(5-2)9-12-7-10(3)8-13(24)23(12)27-28(25,26)16(21,22)14(17)15(18,19)20/h7-8,11,14H,4-6,9H2,1-3H3. The molecule has 0 spiro atoms. The van der Waals surface area contributed by atoms with Gasteiger partial charge in [0.25, 0.3) is 11.7 Å². The van der Waals surface area contributed by atoms with E-state index in [1.807, 2.05) is 13.8 Å². The topological polar surface area (TPSA) is 65.4 Å². The lowest BCUT2D eigenvalue weighted by Gasteiger charge is -2.23. The summed E-state index contributed by atoms with van der Waals surface area (Å²) in [5, 5.41) is -5.94. The quantitative estimate of drug-likeness (QED) is 0.552. The highest BCUT2D eigenvalue weighted by atomic mass is 32.2. The Hall–Kier alpha value is -1.72. The predicted molar refractivity (Wildman–Crippen MR) is 89.2 cm³/mol. The van der Waals surface area contributed by atoms with Crippen LogP contribution in [0.4, 0.5) is 26.3 Å². The molecule has 0 aliphatic heterocycles. The van der Waals surface area contributed by atoms with E-state index in [4.69, 9.17) is 0 Å². The van der Waals surface area contributed by atoms with Crippen molar-refractivity contribution in [2.75, 3.05) is 0 Å². The van der Waals surface area contributed by atoms with E-state index in [-0.39, 0.29) is 22.8 Å². The van der Waals surface area contributed by atoms with E-state index in [0.717, 1.165) is 12.5 Å². The van der Waals surface area contributed by atoms with Gasteiger partial charge in [0.05, 0.1) is 5.69 Å². The third kappa shape index (κ3) is 5.42. The van der Waals surface area contributed by atoms with Gasteiger partial charge < -0.3 is 0 Å². The summed E-state index contributed by atoms with van der Waals surface area (Å²) in [7, 11) is -6.47. The first-order chi connectivity index (χ1) is 12.7. The molecule has 0 aromatic carbocycles. The molecule has 1 aromatic rings. The summed E-state index contributed by atoms with van der Waals surface area (Å²) in [5.74, 6) is -0.0617. The van der Waals surface area contributed by atoms with Crippen LogP contribution in [0.1, 0.15) is 44.4 Å². The van der Waals surface area contributed by atoms with Gasteiger partial charge in [0.15, 0.2) is 0 Å². The highest BCUT2D eigenvalue weighted by molar-refractivity contribution is 7.88. The van der Waals surface area contributed by atoms with Gasteiger partial charge >= 0.3 is 21.5 Å². The predicted octanol–water partition coefficient (Wildman–Crippen LogP) is 3.78. The van der Waals surface area contributed by atoms with Crippen molar-refractivity contribution in [2.45, 2.75) is 64.1 Å². The van der Waals surface area contributed by atoms with Crippen molar-refractivity contribution in [3.8, 4) is 0 Å². The van der Waals surface area contributed by atoms with Crippen LogP contribution in [0.15, 0.2) is 16.9 Å². The van der Waals surface area contributed by atoms with Crippen LogP contribution in [-0.4, -0.2) is 30.8 Å². The SMILES string of the molecule is CCCC(CC)Cc1cc(C)cc(=O)n1OS(=O)(=O)C(F)(F)C(F)C(F)(F)F. The maximum atomic E-state index is 13.6. The Morgan fingerprint density at radius 3 is 2.18 bits per heavy atom. The zero-order valence-electron chi connectivity index (χ0n) is 15.4. The Bertz CT molecular complexity index is 835. The first-order valence-corrected chi connectivity index (χ1v) is 9.83. The number of hydrogen-bond acceptors (Lipinski definition) is 4. The Kier molecular flexibility index (Phi) is 7.60. The van der Waals surface area contributed by atoms with Crippen molar-refractivity contribution in [1.82, 2.24) is 4.73 Å². The van der Waals surface area contributed by atoms with E-state index >= 15 is 0 Å². The molecule has 0 aliphatic rings. The number of hydrogen-bond donors (Lipinski definition) is 0. The molecule has 0 radical (unpaired) electrons. The molecular formula is C16H21F6NO4S. The normalized spacial score (nSPS) is 15.3. The van der Waals surface area contributed by atoms with Crippen molar-refractivity contribution in [3.63, 3.8) is 0 Å². The zero-order valence-corrected chi connectivity index (χ0v) is 16.2. The van der Waals surface area contributed by atoms with E-state index < -0.39 is 33.3 Å². The van der Waals surface area contributed by atoms with Crippen molar-refractivity contribution in [2.24, 2.45) is 5.92 Å². The second kappa shape index (κ2) is 8.75. The molecule has 1 heterocycles. The average molecular weight is 437 g/mol. The minimum atomic E-state index is -6.47. The molecule has 0 saturated heterocycles. The van der Waals surface area contributed by atoms with E-state index in [2.05, 4.69) is 4.28 Å². The minimum absolute atomic E-state index is 0.0162. The maximum absolute atomic E-state index is 13.6. The number of nitrogens with zero attached hydrogens (tertiary/aromatic N) is 1. The molecule has 2 unspecified atom stereocenters. The monoisotopic (exact) mass is 437 g/mol. The summed E-state index contributed by atoms with van der Waals surface area (Å²) in [6.45, 7) is 5.19. The molecule has 0 N–H and O–H groups in total. The molecule has 1 aromatic heterocycles. The molecule has 0 bridgehead atoms. The highest BCUT2D eigenvalue weighted by Gasteiger charge is 2.66. The number of rotatable bonds is 9. The second-order valence-corrected chi connectivity index (χ2v) is 8.02. The lowest BCUT2D eigenvalue weighted by molar-refractivity contribution is -0.223. The molecule has 0 saturated carbocycles. The number of halogens is 6. The molecule has 5 nitrogen and oxygen atoms in total. The van der Waals surface area contributed by atoms with Gasteiger partial charge in [-0.15, -0.1) is 4.73 Å². The summed E-state index contributed by atoms with van der Waals surface area (Å²) in [5.41, 5.74) is -0.927. The minimum Gasteiger partial charge on any atom is -0.280 e. The van der Waals surface area contributed by atoms with Gasteiger partial charge in [0.2, 0.25) is 0 Å². The number of pyridine rings is 1. The maximum Gasteiger partial charge on any atom is 0.426 e. The fourth-order valence-electron chi connectivity index (χ4n) is 2.60. The second-order valence-electron chi connectivity index (χ2n) is 6.42. The van der Waals surface area contributed by atoms with Crippen molar-refractivity contribution in [1.29, 1.82) is 0 Å². The summed E-state index contributed by atoms with van der Waals surface area (Å²) >= 11 is 0. The van der Waals surface area contributed by atoms with Gasteiger partial charge in [0, 0.05) is 6.07 Å². The van der Waals surface area contributed by atoms with Gasteiger partial charge in [-0.25, -0.2) is 4.39 Å². The van der Waals surface area contributed by atoms with Crippen molar-refractivity contribution >= 4 is 10.1 Å². The Balaban J connectivity index is 3.39. The number of aromatic nitrogens is 1. The fourth-order valence-corrected chi connectivity index (χ4v) is 3.46. The third-order valence-corrected chi connectivity index (χ3v) is 5.29.